The van der Waals surface area contributed by atoms with E-state index >= 15 is 0 Å². The van der Waals surface area contributed by atoms with Crippen LogP contribution in [0.2, 0.25) is 5.02 Å². The van der Waals surface area contributed by atoms with Crippen LogP contribution in [-0.2, 0) is 0 Å². The monoisotopic (exact) mass is 226 g/mol. The summed E-state index contributed by atoms with van der Waals surface area (Å²) in [5, 5.41) is 9.26. The predicted molar refractivity (Wildman–Crippen MR) is 58.3 cm³/mol. The van der Waals surface area contributed by atoms with E-state index in [-0.39, 0.29) is 13.4 Å². The first-order chi connectivity index (χ1) is 7.31. The lowest BCUT2D eigenvalue weighted by molar-refractivity contribution is 0.174. The number of fused-ring (bicyclic) bond motifs is 1. The lowest BCUT2D eigenvalue weighted by Gasteiger charge is -2.01. The van der Waals surface area contributed by atoms with Crippen molar-refractivity contribution in [3.05, 3.63) is 28.8 Å². The molecule has 3 nitrogen and oxygen atoms in total. The number of hydrogen-bond acceptors (Lipinski definition) is 3. The molecule has 0 saturated heterocycles. The van der Waals surface area contributed by atoms with Gasteiger partial charge in [0.2, 0.25) is 6.79 Å². The predicted octanol–water partition coefficient (Wildman–Crippen LogP) is 2.46. The molecular weight excluding hydrogens is 216 g/mol. The van der Waals surface area contributed by atoms with Gasteiger partial charge in [-0.1, -0.05) is 23.8 Å². The van der Waals surface area contributed by atoms with Gasteiger partial charge in [-0.2, -0.15) is 0 Å². The first-order valence-corrected chi connectivity index (χ1v) is 5.05. The summed E-state index contributed by atoms with van der Waals surface area (Å²) in [4.78, 5) is 0. The SMILES string of the molecule is OCCC=Cc1cc2c(cc1Cl)OCO2. The number of rotatable bonds is 3. The topological polar surface area (TPSA) is 38.7 Å². The minimum atomic E-state index is 0.138. The molecule has 2 rings (SSSR count). The summed E-state index contributed by atoms with van der Waals surface area (Å²) in [5.41, 5.74) is 0.870. The lowest BCUT2D eigenvalue weighted by atomic mass is 10.2. The molecule has 0 radical (unpaired) electrons. The maximum absolute atomic E-state index is 8.64. The normalized spacial score (nSPS) is 13.7. The Kier molecular flexibility index (Phi) is 3.14. The molecule has 4 heteroatoms. The lowest BCUT2D eigenvalue weighted by Crippen LogP contribution is -1.92. The molecule has 0 aliphatic carbocycles. The van der Waals surface area contributed by atoms with Crippen molar-refractivity contribution < 1.29 is 14.6 Å². The Morgan fingerprint density at radius 3 is 2.80 bits per heavy atom. The second-order valence-corrected chi connectivity index (χ2v) is 3.55. The van der Waals surface area contributed by atoms with Gasteiger partial charge in [-0.15, -0.1) is 0 Å². The Hall–Kier alpha value is -1.19. The largest absolute Gasteiger partial charge is 0.454 e. The second-order valence-electron chi connectivity index (χ2n) is 3.14. The van der Waals surface area contributed by atoms with E-state index in [1.54, 1.807) is 6.07 Å². The molecule has 0 saturated carbocycles. The molecule has 0 amide bonds. The zero-order valence-electron chi connectivity index (χ0n) is 8.07. The zero-order chi connectivity index (χ0) is 10.7. The summed E-state index contributed by atoms with van der Waals surface area (Å²) < 4.78 is 10.4. The van der Waals surface area contributed by atoms with Gasteiger partial charge in [-0.05, 0) is 18.1 Å². The minimum Gasteiger partial charge on any atom is -0.454 e. The van der Waals surface area contributed by atoms with Crippen LogP contribution in [0.5, 0.6) is 11.5 Å². The Balaban J connectivity index is 2.24. The number of hydrogen-bond donors (Lipinski definition) is 1. The van der Waals surface area contributed by atoms with Crippen LogP contribution in [0.1, 0.15) is 12.0 Å². The van der Waals surface area contributed by atoms with Gasteiger partial charge in [0.15, 0.2) is 11.5 Å². The first-order valence-electron chi connectivity index (χ1n) is 4.68. The summed E-state index contributed by atoms with van der Waals surface area (Å²) in [6.07, 6.45) is 4.34. The van der Waals surface area contributed by atoms with Crippen LogP contribution in [0.15, 0.2) is 18.2 Å². The molecule has 1 N–H and O–H groups in total. The van der Waals surface area contributed by atoms with E-state index in [1.165, 1.54) is 0 Å². The van der Waals surface area contributed by atoms with Gasteiger partial charge in [-0.3, -0.25) is 0 Å². The van der Waals surface area contributed by atoms with E-state index in [4.69, 9.17) is 26.2 Å². The van der Waals surface area contributed by atoms with Crippen molar-refractivity contribution in [2.75, 3.05) is 13.4 Å². The van der Waals surface area contributed by atoms with E-state index < -0.39 is 0 Å². The number of ether oxygens (including phenoxy) is 2. The molecule has 0 bridgehead atoms. The van der Waals surface area contributed by atoms with E-state index in [2.05, 4.69) is 0 Å². The summed E-state index contributed by atoms with van der Waals surface area (Å²) in [5.74, 6) is 1.39. The highest BCUT2D eigenvalue weighted by atomic mass is 35.5. The molecule has 1 aliphatic rings. The first kappa shape index (κ1) is 10.3. The van der Waals surface area contributed by atoms with Gasteiger partial charge >= 0.3 is 0 Å². The Morgan fingerprint density at radius 2 is 2.07 bits per heavy atom. The third kappa shape index (κ3) is 2.25. The van der Waals surface area contributed by atoms with Crippen LogP contribution in [0.25, 0.3) is 6.08 Å². The van der Waals surface area contributed by atoms with Gasteiger partial charge < -0.3 is 14.6 Å². The fourth-order valence-electron chi connectivity index (χ4n) is 1.35. The number of aliphatic hydroxyl groups is 1. The second kappa shape index (κ2) is 4.55. The Morgan fingerprint density at radius 1 is 1.33 bits per heavy atom. The van der Waals surface area contributed by atoms with E-state index in [0.29, 0.717) is 22.9 Å². The molecule has 0 aromatic heterocycles. The van der Waals surface area contributed by atoms with Gasteiger partial charge in [-0.25, -0.2) is 0 Å². The van der Waals surface area contributed by atoms with Crippen molar-refractivity contribution in [1.82, 2.24) is 0 Å². The van der Waals surface area contributed by atoms with Crippen molar-refractivity contribution in [3.8, 4) is 11.5 Å². The van der Waals surface area contributed by atoms with E-state index in [9.17, 15) is 0 Å². The minimum absolute atomic E-state index is 0.138. The van der Waals surface area contributed by atoms with Crippen LogP contribution in [0, 0.1) is 0 Å². The summed E-state index contributed by atoms with van der Waals surface area (Å²) >= 11 is 6.04. The van der Waals surface area contributed by atoms with Crippen molar-refractivity contribution in [2.45, 2.75) is 6.42 Å². The highest BCUT2D eigenvalue weighted by Gasteiger charge is 2.15. The average molecular weight is 227 g/mol. The molecule has 1 aliphatic heterocycles. The zero-order valence-corrected chi connectivity index (χ0v) is 8.83. The number of aliphatic hydroxyl groups excluding tert-OH is 1. The molecule has 1 aromatic carbocycles. The quantitative estimate of drug-likeness (QED) is 0.861. The molecule has 80 valence electrons. The van der Waals surface area contributed by atoms with Crippen molar-refractivity contribution >= 4 is 17.7 Å². The maximum atomic E-state index is 8.64. The smallest absolute Gasteiger partial charge is 0.231 e. The molecule has 1 heterocycles. The van der Waals surface area contributed by atoms with E-state index in [1.807, 2.05) is 18.2 Å². The van der Waals surface area contributed by atoms with Gasteiger partial charge in [0.1, 0.15) is 0 Å². The van der Waals surface area contributed by atoms with Crippen molar-refractivity contribution in [2.24, 2.45) is 0 Å². The van der Waals surface area contributed by atoms with Gasteiger partial charge in [0.05, 0.1) is 5.02 Å². The molecule has 1 aromatic rings. The molecule has 0 atom stereocenters. The molecule has 15 heavy (non-hydrogen) atoms. The van der Waals surface area contributed by atoms with Crippen LogP contribution in [-0.4, -0.2) is 18.5 Å². The Bertz CT molecular complexity index is 388. The Labute approximate surface area is 92.9 Å². The van der Waals surface area contributed by atoms with Crippen LogP contribution >= 0.6 is 11.6 Å². The third-order valence-corrected chi connectivity index (χ3v) is 2.41. The molecule has 0 spiro atoms. The van der Waals surface area contributed by atoms with Gasteiger partial charge in [0.25, 0.3) is 0 Å². The summed E-state index contributed by atoms with van der Waals surface area (Å²) in [6.45, 7) is 0.383. The van der Waals surface area contributed by atoms with Crippen molar-refractivity contribution in [3.63, 3.8) is 0 Å². The maximum Gasteiger partial charge on any atom is 0.231 e. The standard InChI is InChI=1S/C11H11ClO3/c12-9-6-11-10(14-7-15-11)5-8(9)3-1-2-4-13/h1,3,5-6,13H,2,4,7H2. The summed E-state index contributed by atoms with van der Waals surface area (Å²) in [7, 11) is 0. The van der Waals surface area contributed by atoms with Crippen LogP contribution in [0.3, 0.4) is 0 Å². The average Bonchev–Trinajstić information content (AvgIpc) is 2.65. The van der Waals surface area contributed by atoms with E-state index in [0.717, 1.165) is 5.56 Å². The molecule has 0 unspecified atom stereocenters. The third-order valence-electron chi connectivity index (χ3n) is 2.09. The fourth-order valence-corrected chi connectivity index (χ4v) is 1.56. The van der Waals surface area contributed by atoms with Crippen LogP contribution < -0.4 is 9.47 Å². The number of halogens is 1. The molecular formula is C11H11ClO3. The highest BCUT2D eigenvalue weighted by Crippen LogP contribution is 2.37. The van der Waals surface area contributed by atoms with Crippen LogP contribution in [0.4, 0.5) is 0 Å². The molecule has 0 fully saturated rings. The highest BCUT2D eigenvalue weighted by molar-refractivity contribution is 6.32. The number of benzene rings is 1. The van der Waals surface area contributed by atoms with Crippen molar-refractivity contribution in [1.29, 1.82) is 0 Å². The fraction of sp³-hybridized carbons (Fsp3) is 0.273. The summed E-state index contributed by atoms with van der Waals surface area (Å²) in [6, 6.07) is 3.57. The van der Waals surface area contributed by atoms with Gasteiger partial charge in [0, 0.05) is 12.7 Å².